The molecule has 2 amide bonds. The first-order valence-electron chi connectivity index (χ1n) is 9.90. The first kappa shape index (κ1) is 24.2. The highest BCUT2D eigenvalue weighted by Crippen LogP contribution is 2.18. The number of carbonyl (C=O) groups is 2. The minimum Gasteiger partial charge on any atom is -0.354 e. The van der Waals surface area contributed by atoms with Gasteiger partial charge in [-0.3, -0.25) is 9.59 Å². The molecule has 0 bridgehead atoms. The fourth-order valence-corrected chi connectivity index (χ4v) is 3.86. The second-order valence-corrected chi connectivity index (χ2v) is 9.01. The van der Waals surface area contributed by atoms with E-state index in [1.165, 1.54) is 23.9 Å². The minimum absolute atomic E-state index is 0.140. The fourth-order valence-electron chi connectivity index (χ4n) is 2.79. The smallest absolute Gasteiger partial charge is 0.242 e. The molecule has 0 aliphatic heterocycles. The van der Waals surface area contributed by atoms with Crippen LogP contribution in [-0.4, -0.2) is 35.1 Å². The second kappa shape index (κ2) is 12.0. The molecule has 1 N–H and O–H groups in total. The summed E-state index contributed by atoms with van der Waals surface area (Å²) in [7, 11) is 0. The highest BCUT2D eigenvalue weighted by molar-refractivity contribution is 7.99. The third-order valence-electron chi connectivity index (χ3n) is 4.50. The summed E-state index contributed by atoms with van der Waals surface area (Å²) in [6.45, 7) is 6.54. The van der Waals surface area contributed by atoms with Crippen LogP contribution in [0.5, 0.6) is 0 Å². The van der Waals surface area contributed by atoms with Gasteiger partial charge in [0.2, 0.25) is 11.8 Å². The summed E-state index contributed by atoms with van der Waals surface area (Å²) < 4.78 is 13.2. The van der Waals surface area contributed by atoms with Crippen molar-refractivity contribution in [2.45, 2.75) is 39.1 Å². The van der Waals surface area contributed by atoms with Crippen molar-refractivity contribution in [1.29, 1.82) is 0 Å². The van der Waals surface area contributed by atoms with Gasteiger partial charge >= 0.3 is 0 Å². The van der Waals surface area contributed by atoms with E-state index < -0.39 is 6.04 Å². The Morgan fingerprint density at radius 2 is 1.80 bits per heavy atom. The lowest BCUT2D eigenvalue weighted by Crippen LogP contribution is -2.48. The zero-order valence-corrected chi connectivity index (χ0v) is 19.1. The molecule has 162 valence electrons. The lowest BCUT2D eigenvalue weighted by atomic mass is 10.1. The number of hydrogen-bond acceptors (Lipinski definition) is 3. The zero-order valence-electron chi connectivity index (χ0n) is 17.5. The second-order valence-electron chi connectivity index (χ2n) is 7.59. The highest BCUT2D eigenvalue weighted by atomic mass is 35.5. The Morgan fingerprint density at radius 1 is 1.10 bits per heavy atom. The molecule has 0 saturated carbocycles. The van der Waals surface area contributed by atoms with Gasteiger partial charge in [-0.1, -0.05) is 49.7 Å². The number of thioether (sulfide) groups is 1. The van der Waals surface area contributed by atoms with Gasteiger partial charge in [0.25, 0.3) is 0 Å². The average Bonchev–Trinajstić information content (AvgIpc) is 2.71. The van der Waals surface area contributed by atoms with Crippen molar-refractivity contribution in [2.75, 3.05) is 12.3 Å². The molecule has 0 saturated heterocycles. The predicted octanol–water partition coefficient (Wildman–Crippen LogP) is 4.90. The monoisotopic (exact) mass is 450 g/mol. The van der Waals surface area contributed by atoms with Crippen LogP contribution in [0.25, 0.3) is 0 Å². The van der Waals surface area contributed by atoms with Crippen molar-refractivity contribution in [2.24, 2.45) is 5.92 Å². The van der Waals surface area contributed by atoms with E-state index in [9.17, 15) is 14.0 Å². The molecule has 2 aromatic carbocycles. The number of hydrogen-bond donors (Lipinski definition) is 1. The summed E-state index contributed by atoms with van der Waals surface area (Å²) in [5.74, 6) is 0.518. The molecule has 0 unspecified atom stereocenters. The van der Waals surface area contributed by atoms with Crippen LogP contribution < -0.4 is 5.32 Å². The molecule has 0 spiro atoms. The van der Waals surface area contributed by atoms with E-state index in [4.69, 9.17) is 11.6 Å². The zero-order chi connectivity index (χ0) is 22.1. The first-order chi connectivity index (χ1) is 14.3. The van der Waals surface area contributed by atoms with Crippen LogP contribution in [0, 0.1) is 11.7 Å². The van der Waals surface area contributed by atoms with Crippen LogP contribution >= 0.6 is 23.4 Å². The van der Waals surface area contributed by atoms with Crippen molar-refractivity contribution in [1.82, 2.24) is 10.2 Å². The van der Waals surface area contributed by atoms with Crippen LogP contribution in [0.4, 0.5) is 4.39 Å². The third kappa shape index (κ3) is 8.00. The molecular weight excluding hydrogens is 423 g/mol. The molecular formula is C23H28ClFN2O2S. The molecule has 0 fully saturated rings. The Kier molecular flexibility index (Phi) is 9.66. The van der Waals surface area contributed by atoms with E-state index in [-0.39, 0.29) is 29.9 Å². The molecule has 0 aromatic heterocycles. The van der Waals surface area contributed by atoms with Crippen LogP contribution in [0.2, 0.25) is 5.02 Å². The number of benzene rings is 2. The third-order valence-corrected chi connectivity index (χ3v) is 5.72. The molecule has 7 heteroatoms. The van der Waals surface area contributed by atoms with Crippen LogP contribution in [0.15, 0.2) is 48.5 Å². The van der Waals surface area contributed by atoms with E-state index in [0.717, 1.165) is 11.1 Å². The quantitative estimate of drug-likeness (QED) is 0.560. The van der Waals surface area contributed by atoms with Crippen molar-refractivity contribution in [3.63, 3.8) is 0 Å². The number of amides is 2. The first-order valence-corrected chi connectivity index (χ1v) is 11.4. The number of carbonyl (C=O) groups excluding carboxylic acids is 2. The maximum atomic E-state index is 13.2. The standard InChI is InChI=1S/C23H28ClFN2O2S/c1-16(2)12-26-23(29)17(3)27(13-18-7-9-21(25)10-8-18)22(28)15-30-14-19-5-4-6-20(24)11-19/h4-11,16-17H,12-15H2,1-3H3,(H,26,29)/t17-/m0/s1. The molecule has 0 radical (unpaired) electrons. The van der Waals surface area contributed by atoms with Crippen LogP contribution in [0.1, 0.15) is 31.9 Å². The molecule has 0 aliphatic rings. The molecule has 4 nitrogen and oxygen atoms in total. The van der Waals surface area contributed by atoms with E-state index >= 15 is 0 Å². The molecule has 0 heterocycles. The van der Waals surface area contributed by atoms with Gasteiger partial charge in [0.15, 0.2) is 0 Å². The van der Waals surface area contributed by atoms with Gasteiger partial charge in [-0.25, -0.2) is 4.39 Å². The van der Waals surface area contributed by atoms with Gasteiger partial charge in [-0.2, -0.15) is 0 Å². The van der Waals surface area contributed by atoms with Crippen molar-refractivity contribution in [3.8, 4) is 0 Å². The van der Waals surface area contributed by atoms with Gasteiger partial charge < -0.3 is 10.2 Å². The molecule has 1 atom stereocenters. The van der Waals surface area contributed by atoms with Gasteiger partial charge in [0.1, 0.15) is 11.9 Å². The lowest BCUT2D eigenvalue weighted by Gasteiger charge is -2.29. The Hall–Kier alpha value is -2.05. The van der Waals surface area contributed by atoms with Crippen LogP contribution in [0.3, 0.4) is 0 Å². The summed E-state index contributed by atoms with van der Waals surface area (Å²) >= 11 is 7.48. The SMILES string of the molecule is CC(C)CNC(=O)[C@H](C)N(Cc1ccc(F)cc1)C(=O)CSCc1cccc(Cl)c1. The summed E-state index contributed by atoms with van der Waals surface area (Å²) in [4.78, 5) is 27.1. The number of halogens is 2. The average molecular weight is 451 g/mol. The largest absolute Gasteiger partial charge is 0.354 e. The summed E-state index contributed by atoms with van der Waals surface area (Å²) in [5, 5.41) is 3.55. The molecule has 2 rings (SSSR count). The maximum Gasteiger partial charge on any atom is 0.242 e. The van der Waals surface area contributed by atoms with Gasteiger partial charge in [0, 0.05) is 23.9 Å². The molecule has 30 heavy (non-hydrogen) atoms. The van der Waals surface area contributed by atoms with Gasteiger partial charge in [-0.05, 0) is 48.2 Å². The normalized spacial score (nSPS) is 11.9. The predicted molar refractivity (Wildman–Crippen MR) is 122 cm³/mol. The van der Waals surface area contributed by atoms with Crippen molar-refractivity contribution in [3.05, 3.63) is 70.5 Å². The number of nitrogens with zero attached hydrogens (tertiary/aromatic N) is 1. The lowest BCUT2D eigenvalue weighted by molar-refractivity contribution is -0.138. The van der Waals surface area contributed by atoms with E-state index in [1.54, 1.807) is 24.0 Å². The van der Waals surface area contributed by atoms with Crippen molar-refractivity contribution < 1.29 is 14.0 Å². The Bertz CT molecular complexity index is 845. The number of nitrogens with one attached hydrogen (secondary N) is 1. The topological polar surface area (TPSA) is 49.4 Å². The Labute approximate surface area is 187 Å². The summed E-state index contributed by atoms with van der Waals surface area (Å²) in [5.41, 5.74) is 1.81. The van der Waals surface area contributed by atoms with Gasteiger partial charge in [-0.15, -0.1) is 11.8 Å². The Balaban J connectivity index is 2.05. The molecule has 2 aromatic rings. The van der Waals surface area contributed by atoms with Crippen molar-refractivity contribution >= 4 is 35.2 Å². The summed E-state index contributed by atoms with van der Waals surface area (Å²) in [6, 6.07) is 12.9. The molecule has 0 aliphatic carbocycles. The fraction of sp³-hybridized carbons (Fsp3) is 0.391. The summed E-state index contributed by atoms with van der Waals surface area (Å²) in [6.07, 6.45) is 0. The van der Waals surface area contributed by atoms with Gasteiger partial charge in [0.05, 0.1) is 5.75 Å². The van der Waals surface area contributed by atoms with E-state index in [0.29, 0.717) is 23.2 Å². The maximum absolute atomic E-state index is 13.2. The highest BCUT2D eigenvalue weighted by Gasteiger charge is 2.26. The Morgan fingerprint density at radius 3 is 2.43 bits per heavy atom. The minimum atomic E-state index is -0.631. The van der Waals surface area contributed by atoms with E-state index in [2.05, 4.69) is 5.32 Å². The van der Waals surface area contributed by atoms with Crippen LogP contribution in [-0.2, 0) is 21.9 Å². The number of rotatable bonds is 10. The van der Waals surface area contributed by atoms with E-state index in [1.807, 2.05) is 38.1 Å².